The van der Waals surface area contributed by atoms with Crippen LogP contribution in [0.25, 0.3) is 0 Å². The zero-order chi connectivity index (χ0) is 18.4. The first-order chi connectivity index (χ1) is 11.9. The molecular formula is C16H21BrFN5OS. The number of carbonyl (C=O) groups is 1. The molecule has 2 atom stereocenters. The molecular weight excluding hydrogens is 409 g/mol. The van der Waals surface area contributed by atoms with Gasteiger partial charge in [-0.1, -0.05) is 6.92 Å². The van der Waals surface area contributed by atoms with E-state index in [2.05, 4.69) is 48.4 Å². The van der Waals surface area contributed by atoms with Crippen LogP contribution in [0.3, 0.4) is 0 Å². The molecule has 2 heterocycles. The molecule has 0 aliphatic heterocycles. The Morgan fingerprint density at radius 2 is 2.08 bits per heavy atom. The summed E-state index contributed by atoms with van der Waals surface area (Å²) in [5.74, 6) is 0.0111. The van der Waals surface area contributed by atoms with E-state index in [9.17, 15) is 9.18 Å². The van der Waals surface area contributed by atoms with Crippen LogP contribution < -0.4 is 10.6 Å². The fourth-order valence-corrected chi connectivity index (χ4v) is 3.79. The molecule has 1 amide bonds. The SMILES string of the molecule is CCC(CCc1sccc1Br)Nc1nc(NC(C)=O)nc(C(C)F)n1. The van der Waals surface area contributed by atoms with Gasteiger partial charge in [-0.15, -0.1) is 11.3 Å². The number of nitrogens with one attached hydrogen (secondary N) is 2. The first-order valence-corrected chi connectivity index (χ1v) is 9.72. The van der Waals surface area contributed by atoms with Crippen molar-refractivity contribution in [2.75, 3.05) is 10.6 Å². The van der Waals surface area contributed by atoms with Crippen molar-refractivity contribution in [3.63, 3.8) is 0 Å². The van der Waals surface area contributed by atoms with Crippen LogP contribution in [0, 0.1) is 0 Å². The van der Waals surface area contributed by atoms with Crippen molar-refractivity contribution >= 4 is 45.1 Å². The number of hydrogen-bond acceptors (Lipinski definition) is 6. The lowest BCUT2D eigenvalue weighted by atomic mass is 10.1. The minimum absolute atomic E-state index is 0.00268. The zero-order valence-corrected chi connectivity index (χ0v) is 16.7. The normalized spacial score (nSPS) is 13.3. The number of hydrogen-bond donors (Lipinski definition) is 2. The Kier molecular flexibility index (Phi) is 7.24. The summed E-state index contributed by atoms with van der Waals surface area (Å²) in [6.07, 6.45) is 1.32. The van der Waals surface area contributed by atoms with E-state index in [1.165, 1.54) is 18.7 Å². The largest absolute Gasteiger partial charge is 0.351 e. The third-order valence-electron chi connectivity index (χ3n) is 3.53. The highest BCUT2D eigenvalue weighted by molar-refractivity contribution is 9.10. The van der Waals surface area contributed by atoms with Crippen LogP contribution in [0.15, 0.2) is 15.9 Å². The lowest BCUT2D eigenvalue weighted by molar-refractivity contribution is -0.114. The standard InChI is InChI=1S/C16H21BrFN5OS/c1-4-11(5-6-13-12(17)7-8-25-13)20-16-22-14(9(2)18)21-15(23-16)19-10(3)24/h7-9,11H,4-6H2,1-3H3,(H2,19,20,21,22,23,24). The number of halogens is 2. The van der Waals surface area contributed by atoms with E-state index in [4.69, 9.17) is 0 Å². The predicted molar refractivity (Wildman–Crippen MR) is 102 cm³/mol. The number of thiophene rings is 1. The van der Waals surface area contributed by atoms with Crippen LogP contribution in [0.2, 0.25) is 0 Å². The molecule has 9 heteroatoms. The number of nitrogens with zero attached hydrogens (tertiary/aromatic N) is 3. The van der Waals surface area contributed by atoms with Crippen molar-refractivity contribution in [1.29, 1.82) is 0 Å². The number of anilines is 2. The summed E-state index contributed by atoms with van der Waals surface area (Å²) >= 11 is 5.25. The van der Waals surface area contributed by atoms with Crippen LogP contribution >= 0.6 is 27.3 Å². The van der Waals surface area contributed by atoms with Crippen molar-refractivity contribution in [2.24, 2.45) is 0 Å². The van der Waals surface area contributed by atoms with Gasteiger partial charge in [0.1, 0.15) is 0 Å². The smallest absolute Gasteiger partial charge is 0.234 e. The third kappa shape index (κ3) is 6.00. The summed E-state index contributed by atoms with van der Waals surface area (Å²) in [5, 5.41) is 7.76. The molecule has 0 radical (unpaired) electrons. The van der Waals surface area contributed by atoms with Crippen LogP contribution in [-0.2, 0) is 11.2 Å². The summed E-state index contributed by atoms with van der Waals surface area (Å²) in [7, 11) is 0. The zero-order valence-electron chi connectivity index (χ0n) is 14.3. The molecule has 0 bridgehead atoms. The lowest BCUT2D eigenvalue weighted by Crippen LogP contribution is -2.22. The van der Waals surface area contributed by atoms with E-state index in [1.54, 1.807) is 11.3 Å². The van der Waals surface area contributed by atoms with Crippen LogP contribution in [0.4, 0.5) is 16.3 Å². The molecule has 0 fully saturated rings. The van der Waals surface area contributed by atoms with E-state index in [0.717, 1.165) is 23.7 Å². The number of rotatable bonds is 8. The van der Waals surface area contributed by atoms with Crippen molar-refractivity contribution in [2.45, 2.75) is 52.2 Å². The van der Waals surface area contributed by atoms with Gasteiger partial charge in [-0.05, 0) is 53.6 Å². The Bertz CT molecular complexity index is 724. The molecule has 25 heavy (non-hydrogen) atoms. The maximum Gasteiger partial charge on any atom is 0.234 e. The molecule has 0 aliphatic carbocycles. The molecule has 0 aliphatic rings. The van der Waals surface area contributed by atoms with Gasteiger partial charge in [0.2, 0.25) is 17.8 Å². The average Bonchev–Trinajstić information content (AvgIpc) is 2.95. The molecule has 6 nitrogen and oxygen atoms in total. The van der Waals surface area contributed by atoms with Gasteiger partial charge in [0.25, 0.3) is 0 Å². The van der Waals surface area contributed by atoms with Crippen molar-refractivity contribution < 1.29 is 9.18 Å². The summed E-state index contributed by atoms with van der Waals surface area (Å²) in [6.45, 7) is 4.77. The van der Waals surface area contributed by atoms with E-state index >= 15 is 0 Å². The van der Waals surface area contributed by atoms with Crippen LogP contribution in [0.5, 0.6) is 0 Å². The second-order valence-corrected chi connectivity index (χ2v) is 7.47. The fraction of sp³-hybridized carbons (Fsp3) is 0.500. The van der Waals surface area contributed by atoms with Gasteiger partial charge < -0.3 is 5.32 Å². The molecule has 2 rings (SSSR count). The molecule has 0 aromatic carbocycles. The molecule has 2 unspecified atom stereocenters. The summed E-state index contributed by atoms with van der Waals surface area (Å²) in [4.78, 5) is 24.7. The molecule has 2 aromatic heterocycles. The van der Waals surface area contributed by atoms with Gasteiger partial charge in [-0.3, -0.25) is 10.1 Å². The van der Waals surface area contributed by atoms with Gasteiger partial charge in [0.05, 0.1) is 0 Å². The van der Waals surface area contributed by atoms with E-state index in [-0.39, 0.29) is 29.7 Å². The maximum atomic E-state index is 13.6. The molecule has 0 saturated carbocycles. The van der Waals surface area contributed by atoms with E-state index in [0.29, 0.717) is 0 Å². The summed E-state index contributed by atoms with van der Waals surface area (Å²) in [5.41, 5.74) is 0. The van der Waals surface area contributed by atoms with Crippen molar-refractivity contribution in [3.8, 4) is 0 Å². The summed E-state index contributed by atoms with van der Waals surface area (Å²) in [6, 6.07) is 2.17. The van der Waals surface area contributed by atoms with Crippen molar-refractivity contribution in [1.82, 2.24) is 15.0 Å². The highest BCUT2D eigenvalue weighted by Crippen LogP contribution is 2.25. The molecule has 0 saturated heterocycles. The minimum atomic E-state index is -1.35. The third-order valence-corrected chi connectivity index (χ3v) is 5.52. The second kappa shape index (κ2) is 9.19. The highest BCUT2D eigenvalue weighted by atomic mass is 79.9. The minimum Gasteiger partial charge on any atom is -0.351 e. The number of aryl methyl sites for hydroxylation is 1. The number of aromatic nitrogens is 3. The Hall–Kier alpha value is -1.61. The van der Waals surface area contributed by atoms with Gasteiger partial charge in [0, 0.05) is 22.3 Å². The van der Waals surface area contributed by atoms with Gasteiger partial charge in [-0.25, -0.2) is 4.39 Å². The van der Waals surface area contributed by atoms with Gasteiger partial charge in [0.15, 0.2) is 12.0 Å². The van der Waals surface area contributed by atoms with E-state index < -0.39 is 6.17 Å². The van der Waals surface area contributed by atoms with Crippen LogP contribution in [0.1, 0.15) is 50.5 Å². The number of amides is 1. The van der Waals surface area contributed by atoms with Crippen molar-refractivity contribution in [3.05, 3.63) is 26.6 Å². The summed E-state index contributed by atoms with van der Waals surface area (Å²) < 4.78 is 14.8. The monoisotopic (exact) mass is 429 g/mol. The fourth-order valence-electron chi connectivity index (χ4n) is 2.22. The Labute approximate surface area is 158 Å². The van der Waals surface area contributed by atoms with E-state index in [1.807, 2.05) is 11.4 Å². The van der Waals surface area contributed by atoms with Gasteiger partial charge >= 0.3 is 0 Å². The Morgan fingerprint density at radius 3 is 2.64 bits per heavy atom. The van der Waals surface area contributed by atoms with Crippen LogP contribution in [-0.4, -0.2) is 26.9 Å². The topological polar surface area (TPSA) is 79.8 Å². The Morgan fingerprint density at radius 1 is 1.36 bits per heavy atom. The predicted octanol–water partition coefficient (Wildman–Crippen LogP) is 4.51. The number of alkyl halides is 1. The van der Waals surface area contributed by atoms with Gasteiger partial charge in [-0.2, -0.15) is 15.0 Å². The highest BCUT2D eigenvalue weighted by Gasteiger charge is 2.15. The first-order valence-electron chi connectivity index (χ1n) is 8.05. The first kappa shape index (κ1) is 19.7. The second-order valence-electron chi connectivity index (χ2n) is 5.62. The molecule has 2 N–H and O–H groups in total. The average molecular weight is 430 g/mol. The molecule has 2 aromatic rings. The lowest BCUT2D eigenvalue weighted by Gasteiger charge is -2.17. The molecule has 136 valence electrons. The maximum absolute atomic E-state index is 13.6. The number of carbonyl (C=O) groups excluding carboxylic acids is 1. The Balaban J connectivity index is 2.10. The molecule has 0 spiro atoms. The quantitative estimate of drug-likeness (QED) is 0.644.